The summed E-state index contributed by atoms with van der Waals surface area (Å²) in [7, 11) is -1.76. The van der Waals surface area contributed by atoms with E-state index in [2.05, 4.69) is 96.7 Å². The van der Waals surface area contributed by atoms with E-state index in [-0.39, 0.29) is 5.04 Å². The van der Waals surface area contributed by atoms with Gasteiger partial charge >= 0.3 is 0 Å². The maximum atomic E-state index is 6.94. The Morgan fingerprint density at radius 1 is 1.08 bits per heavy atom. The molecule has 0 saturated heterocycles. The van der Waals surface area contributed by atoms with E-state index in [1.54, 1.807) is 0 Å². The van der Waals surface area contributed by atoms with Crippen LogP contribution in [0.5, 0.6) is 0 Å². The highest BCUT2D eigenvalue weighted by atomic mass is 32.2. The van der Waals surface area contributed by atoms with E-state index in [1.807, 2.05) is 0 Å². The third kappa shape index (κ3) is 7.78. The molecule has 0 aliphatic carbocycles. The molecule has 0 aromatic heterocycles. The lowest BCUT2D eigenvalue weighted by Crippen LogP contribution is -2.46. The predicted molar refractivity (Wildman–Crippen MR) is 123 cm³/mol. The van der Waals surface area contributed by atoms with Crippen LogP contribution in [0.4, 0.5) is 0 Å². The summed E-state index contributed by atoms with van der Waals surface area (Å²) in [4.78, 5) is 0. The van der Waals surface area contributed by atoms with Gasteiger partial charge in [-0.3, -0.25) is 0 Å². The SMILES string of the molecule is CCCCS[C@@H](C)[C@H](C)[C@@H](CCc1ccccc1)O[Si](C)(C)C(C)(C)C. The second kappa shape index (κ2) is 10.9. The van der Waals surface area contributed by atoms with Gasteiger partial charge in [0.25, 0.3) is 0 Å². The fraction of sp³-hybridized carbons (Fsp3) is 0.739. The fourth-order valence-corrected chi connectivity index (χ4v) is 5.55. The molecule has 150 valence electrons. The molecule has 0 amide bonds. The molecule has 0 aliphatic heterocycles. The van der Waals surface area contributed by atoms with Gasteiger partial charge in [0, 0.05) is 11.4 Å². The Labute approximate surface area is 168 Å². The van der Waals surface area contributed by atoms with Crippen LogP contribution < -0.4 is 0 Å². The summed E-state index contributed by atoms with van der Waals surface area (Å²) in [6.07, 6.45) is 5.18. The van der Waals surface area contributed by atoms with Gasteiger partial charge in [-0.2, -0.15) is 11.8 Å². The first-order valence-corrected chi connectivity index (χ1v) is 14.4. The second-order valence-corrected chi connectivity index (χ2v) is 15.5. The molecule has 26 heavy (non-hydrogen) atoms. The van der Waals surface area contributed by atoms with Gasteiger partial charge in [-0.1, -0.05) is 78.3 Å². The second-order valence-electron chi connectivity index (χ2n) is 9.23. The Morgan fingerprint density at radius 3 is 2.23 bits per heavy atom. The van der Waals surface area contributed by atoms with Crippen LogP contribution in [0, 0.1) is 5.92 Å². The average Bonchev–Trinajstić information content (AvgIpc) is 2.58. The van der Waals surface area contributed by atoms with Gasteiger partial charge < -0.3 is 4.43 Å². The van der Waals surface area contributed by atoms with Gasteiger partial charge in [-0.05, 0) is 54.6 Å². The number of unbranched alkanes of at least 4 members (excludes halogenated alkanes) is 1. The van der Waals surface area contributed by atoms with E-state index < -0.39 is 8.32 Å². The van der Waals surface area contributed by atoms with Gasteiger partial charge in [0.1, 0.15) is 0 Å². The molecule has 0 unspecified atom stereocenters. The zero-order chi connectivity index (χ0) is 19.8. The summed E-state index contributed by atoms with van der Waals surface area (Å²) < 4.78 is 6.94. The molecular formula is C23H42OSSi. The molecule has 0 spiro atoms. The van der Waals surface area contributed by atoms with E-state index in [9.17, 15) is 0 Å². The Hall–Kier alpha value is -0.253. The van der Waals surface area contributed by atoms with Gasteiger partial charge in [0.15, 0.2) is 8.32 Å². The summed E-state index contributed by atoms with van der Waals surface area (Å²) in [5.41, 5.74) is 1.43. The molecule has 3 atom stereocenters. The molecule has 0 bridgehead atoms. The van der Waals surface area contributed by atoms with Gasteiger partial charge in [0.2, 0.25) is 0 Å². The number of thioether (sulfide) groups is 1. The third-order valence-electron chi connectivity index (χ3n) is 6.02. The Bertz CT molecular complexity index is 495. The lowest BCUT2D eigenvalue weighted by atomic mass is 9.95. The minimum Gasteiger partial charge on any atom is -0.414 e. The van der Waals surface area contributed by atoms with Crippen LogP contribution in [-0.4, -0.2) is 25.4 Å². The largest absolute Gasteiger partial charge is 0.414 e. The van der Waals surface area contributed by atoms with Crippen LogP contribution in [0.2, 0.25) is 18.1 Å². The predicted octanol–water partition coefficient (Wildman–Crippen LogP) is 7.57. The number of aryl methyl sites for hydroxylation is 1. The molecule has 0 N–H and O–H groups in total. The summed E-state index contributed by atoms with van der Waals surface area (Å²) in [5, 5.41) is 0.906. The van der Waals surface area contributed by atoms with Crippen LogP contribution in [-0.2, 0) is 10.8 Å². The minimum absolute atomic E-state index is 0.260. The Balaban J connectivity index is 2.82. The molecule has 0 fully saturated rings. The molecular weight excluding hydrogens is 352 g/mol. The number of rotatable bonds is 11. The smallest absolute Gasteiger partial charge is 0.192 e. The summed E-state index contributed by atoms with van der Waals surface area (Å²) >= 11 is 2.13. The molecule has 0 heterocycles. The van der Waals surface area contributed by atoms with Crippen molar-refractivity contribution in [3.05, 3.63) is 35.9 Å². The van der Waals surface area contributed by atoms with Crippen molar-refractivity contribution >= 4 is 20.1 Å². The van der Waals surface area contributed by atoms with Crippen molar-refractivity contribution in [2.45, 2.75) is 96.7 Å². The zero-order valence-corrected chi connectivity index (χ0v) is 20.3. The monoisotopic (exact) mass is 394 g/mol. The van der Waals surface area contributed by atoms with E-state index in [1.165, 1.54) is 24.2 Å². The summed E-state index contributed by atoms with van der Waals surface area (Å²) in [5.74, 6) is 1.85. The molecule has 0 saturated carbocycles. The normalized spacial score (nSPS) is 16.3. The van der Waals surface area contributed by atoms with Gasteiger partial charge in [-0.15, -0.1) is 0 Å². The Kier molecular flexibility index (Phi) is 9.99. The Morgan fingerprint density at radius 2 is 1.69 bits per heavy atom. The van der Waals surface area contributed by atoms with Gasteiger partial charge in [0.05, 0.1) is 0 Å². The number of benzene rings is 1. The maximum absolute atomic E-state index is 6.94. The third-order valence-corrected chi connectivity index (χ3v) is 12.0. The number of hydrogen-bond acceptors (Lipinski definition) is 2. The van der Waals surface area contributed by atoms with E-state index in [4.69, 9.17) is 4.43 Å². The van der Waals surface area contributed by atoms with Crippen LogP contribution in [0.3, 0.4) is 0 Å². The van der Waals surface area contributed by atoms with Crippen molar-refractivity contribution in [3.8, 4) is 0 Å². The van der Waals surface area contributed by atoms with E-state index in [0.29, 0.717) is 17.3 Å². The zero-order valence-electron chi connectivity index (χ0n) is 18.5. The molecule has 1 nitrogen and oxygen atoms in total. The number of hydrogen-bond donors (Lipinski definition) is 0. The quantitative estimate of drug-likeness (QED) is 0.283. The van der Waals surface area contributed by atoms with Crippen molar-refractivity contribution in [3.63, 3.8) is 0 Å². The van der Waals surface area contributed by atoms with Crippen molar-refractivity contribution in [1.29, 1.82) is 0 Å². The van der Waals surface area contributed by atoms with Crippen LogP contribution in [0.25, 0.3) is 0 Å². The first-order valence-electron chi connectivity index (χ1n) is 10.4. The molecule has 1 aromatic rings. The lowest BCUT2D eigenvalue weighted by Gasteiger charge is -2.42. The topological polar surface area (TPSA) is 9.23 Å². The highest BCUT2D eigenvalue weighted by Gasteiger charge is 2.40. The highest BCUT2D eigenvalue weighted by molar-refractivity contribution is 7.99. The molecule has 1 rings (SSSR count). The maximum Gasteiger partial charge on any atom is 0.192 e. The van der Waals surface area contributed by atoms with Crippen molar-refractivity contribution in [2.75, 3.05) is 5.75 Å². The first kappa shape index (κ1) is 23.8. The van der Waals surface area contributed by atoms with E-state index in [0.717, 1.165) is 12.8 Å². The van der Waals surface area contributed by atoms with E-state index >= 15 is 0 Å². The molecule has 3 heteroatoms. The van der Waals surface area contributed by atoms with Crippen LogP contribution in [0.1, 0.15) is 66.4 Å². The lowest BCUT2D eigenvalue weighted by molar-refractivity contribution is 0.117. The minimum atomic E-state index is -1.76. The van der Waals surface area contributed by atoms with Crippen molar-refractivity contribution < 1.29 is 4.43 Å². The molecule has 0 radical (unpaired) electrons. The first-order chi connectivity index (χ1) is 12.1. The van der Waals surface area contributed by atoms with Gasteiger partial charge in [-0.25, -0.2) is 0 Å². The molecule has 1 aromatic carbocycles. The van der Waals surface area contributed by atoms with Crippen molar-refractivity contribution in [1.82, 2.24) is 0 Å². The van der Waals surface area contributed by atoms with Crippen LogP contribution >= 0.6 is 11.8 Å². The average molecular weight is 395 g/mol. The fourth-order valence-electron chi connectivity index (χ4n) is 2.81. The standard InChI is InChI=1S/C23H42OSSi/c1-9-10-18-25-20(3)19(2)22(24-26(7,8)23(4,5)6)17-16-21-14-12-11-13-15-21/h11-15,19-20,22H,9-10,16-18H2,1-8H3/t19-,20-,22+/m0/s1. The summed E-state index contributed by atoms with van der Waals surface area (Å²) in [6.45, 7) is 18.9. The van der Waals surface area contributed by atoms with Crippen molar-refractivity contribution in [2.24, 2.45) is 5.92 Å². The molecule has 0 aliphatic rings. The summed E-state index contributed by atoms with van der Waals surface area (Å²) in [6, 6.07) is 10.9. The van der Waals surface area contributed by atoms with Crippen LogP contribution in [0.15, 0.2) is 30.3 Å². The highest BCUT2D eigenvalue weighted by Crippen LogP contribution is 2.39.